The fourth-order valence-electron chi connectivity index (χ4n) is 0.570. The van der Waals surface area contributed by atoms with E-state index in [9.17, 15) is 0 Å². The summed E-state index contributed by atoms with van der Waals surface area (Å²) in [5.41, 5.74) is 0.848. The van der Waals surface area contributed by atoms with Crippen molar-refractivity contribution in [2.45, 2.75) is 0 Å². The first kappa shape index (κ1) is 14.4. The first-order valence-electron chi connectivity index (χ1n) is 2.79. The zero-order valence-electron chi connectivity index (χ0n) is 6.83. The molecule has 2 nitrogen and oxygen atoms in total. The Morgan fingerprint density at radius 2 is 1.83 bits per heavy atom. The van der Waals surface area contributed by atoms with Crippen molar-refractivity contribution in [1.29, 1.82) is 5.26 Å². The Bertz CT molecular complexity index is 303. The number of nitrogens with two attached hydrogens (primary N) is 1. The van der Waals surface area contributed by atoms with E-state index in [-0.39, 0.29) is 57.5 Å². The van der Waals surface area contributed by atoms with Crippen LogP contribution in [0.25, 0.3) is 6.15 Å². The molecule has 0 atom stereocenters. The Kier molecular flexibility index (Phi) is 10.7. The molecule has 0 aliphatic carbocycles. The van der Waals surface area contributed by atoms with Crippen LogP contribution in [0.2, 0.25) is 0 Å². The van der Waals surface area contributed by atoms with Crippen molar-refractivity contribution in [3.8, 4) is 17.9 Å². The van der Waals surface area contributed by atoms with Crippen molar-refractivity contribution in [3.05, 3.63) is 42.0 Å². The van der Waals surface area contributed by atoms with Crippen molar-refractivity contribution >= 4 is 0 Å². The minimum Gasteiger partial charge on any atom is -0.693 e. The summed E-state index contributed by atoms with van der Waals surface area (Å²) in [5, 5.41) is 8.10. The molecule has 0 fully saturated rings. The molecule has 54 valence electrons. The van der Waals surface area contributed by atoms with Crippen molar-refractivity contribution < 1.29 is 51.4 Å². The molecule has 0 aliphatic heterocycles. The van der Waals surface area contributed by atoms with Gasteiger partial charge >= 0.3 is 51.4 Å². The first-order valence-corrected chi connectivity index (χ1v) is 2.79. The smallest absolute Gasteiger partial charge is 0.693 e. The van der Waals surface area contributed by atoms with E-state index in [1.54, 1.807) is 18.2 Å². The van der Waals surface area contributed by atoms with E-state index in [2.05, 4.69) is 17.9 Å². The minimum absolute atomic E-state index is 0. The van der Waals surface area contributed by atoms with Crippen LogP contribution in [0, 0.1) is 29.2 Å². The number of nitriles is 1. The van der Waals surface area contributed by atoms with Crippen LogP contribution < -0.4 is 51.4 Å². The molecule has 1 aromatic carbocycles. The maximum atomic E-state index is 8.10. The van der Waals surface area contributed by atoms with Crippen LogP contribution in [0.5, 0.6) is 0 Å². The van der Waals surface area contributed by atoms with Crippen LogP contribution in [0.15, 0.2) is 24.3 Å². The van der Waals surface area contributed by atoms with Crippen molar-refractivity contribution in [1.82, 2.24) is 0 Å². The van der Waals surface area contributed by atoms with Crippen LogP contribution in [0.4, 0.5) is 0 Å². The van der Waals surface area contributed by atoms with Crippen LogP contribution in [0.3, 0.4) is 0 Å². The molecule has 0 spiro atoms. The SMILES string of the molecule is N#CC#Cc1cc[c-]cc1.[K+].[NH2-]. The van der Waals surface area contributed by atoms with Crippen molar-refractivity contribution in [2.24, 2.45) is 0 Å². The summed E-state index contributed by atoms with van der Waals surface area (Å²) in [6.07, 6.45) is 0. The van der Waals surface area contributed by atoms with Gasteiger partial charge in [-0.15, -0.1) is 0 Å². The Hall–Kier alpha value is -0.134. The van der Waals surface area contributed by atoms with Gasteiger partial charge < -0.3 is 6.15 Å². The van der Waals surface area contributed by atoms with Crippen LogP contribution in [-0.4, -0.2) is 0 Å². The molecule has 0 aliphatic rings. The van der Waals surface area contributed by atoms with Gasteiger partial charge in [0.1, 0.15) is 0 Å². The third kappa shape index (κ3) is 5.51. The van der Waals surface area contributed by atoms with Gasteiger partial charge in [-0.05, 0) is 0 Å². The number of nitrogens with zero attached hydrogens (tertiary/aromatic N) is 1. The first-order chi connectivity index (χ1) is 4.93. The fourth-order valence-corrected chi connectivity index (χ4v) is 0.570. The van der Waals surface area contributed by atoms with E-state index in [1.807, 2.05) is 12.1 Å². The summed E-state index contributed by atoms with van der Waals surface area (Å²) in [4.78, 5) is 0. The number of hydrogen-bond acceptors (Lipinski definition) is 1. The maximum Gasteiger partial charge on any atom is 1.00 e. The second-order valence-corrected chi connectivity index (χ2v) is 1.65. The molecule has 1 aromatic rings. The third-order valence-corrected chi connectivity index (χ3v) is 0.981. The second-order valence-electron chi connectivity index (χ2n) is 1.65. The van der Waals surface area contributed by atoms with E-state index in [0.717, 1.165) is 5.56 Å². The zero-order valence-corrected chi connectivity index (χ0v) is 9.96. The Labute approximate surface area is 115 Å². The van der Waals surface area contributed by atoms with Gasteiger partial charge in [0.2, 0.25) is 0 Å². The molecule has 3 heteroatoms. The molecule has 0 saturated carbocycles. The summed E-state index contributed by atoms with van der Waals surface area (Å²) in [6.45, 7) is 0. The average molecular weight is 181 g/mol. The summed E-state index contributed by atoms with van der Waals surface area (Å²) in [5.74, 6) is 4.97. The standard InChI is InChI=1S/C9H4N.K.H2N/c10-8-4-7-9-5-2-1-3-6-9;;/h2-3,5-6H;;1H2/q-1;+1;-1. The summed E-state index contributed by atoms with van der Waals surface area (Å²) in [6, 6.07) is 11.8. The Balaban J connectivity index is 0. The molecule has 0 radical (unpaired) electrons. The fraction of sp³-hybridized carbons (Fsp3) is 0. The topological polar surface area (TPSA) is 57.3 Å². The molecule has 0 saturated heterocycles. The van der Waals surface area contributed by atoms with Crippen LogP contribution in [0.1, 0.15) is 5.56 Å². The van der Waals surface area contributed by atoms with Crippen molar-refractivity contribution in [3.63, 3.8) is 0 Å². The monoisotopic (exact) mass is 181 g/mol. The summed E-state index contributed by atoms with van der Waals surface area (Å²) < 4.78 is 0. The minimum atomic E-state index is 0. The number of benzene rings is 1. The van der Waals surface area contributed by atoms with Gasteiger partial charge in [0.15, 0.2) is 6.07 Å². The van der Waals surface area contributed by atoms with E-state index in [1.165, 1.54) is 0 Å². The maximum absolute atomic E-state index is 8.10. The van der Waals surface area contributed by atoms with Gasteiger partial charge in [0.05, 0.1) is 0 Å². The molecule has 0 heterocycles. The quantitative estimate of drug-likeness (QED) is 0.290. The predicted octanol–water partition coefficient (Wildman–Crippen LogP) is -0.917. The zero-order chi connectivity index (χ0) is 7.23. The largest absolute Gasteiger partial charge is 1.00 e. The van der Waals surface area contributed by atoms with E-state index in [4.69, 9.17) is 5.26 Å². The molecule has 0 unspecified atom stereocenters. The average Bonchev–Trinajstić information content (AvgIpc) is 2.03. The van der Waals surface area contributed by atoms with E-state index < -0.39 is 0 Å². The van der Waals surface area contributed by atoms with Crippen LogP contribution in [-0.2, 0) is 0 Å². The molecule has 0 amide bonds. The second kappa shape index (κ2) is 8.96. The molecule has 0 aromatic heterocycles. The molecule has 0 bridgehead atoms. The molecule has 12 heavy (non-hydrogen) atoms. The normalized spacial score (nSPS) is 5.92. The van der Waals surface area contributed by atoms with Crippen LogP contribution >= 0.6 is 0 Å². The predicted molar refractivity (Wildman–Crippen MR) is 43.1 cm³/mol. The molecular formula is C9H6KN2-. The Morgan fingerprint density at radius 1 is 1.25 bits per heavy atom. The summed E-state index contributed by atoms with van der Waals surface area (Å²) in [7, 11) is 0. The van der Waals surface area contributed by atoms with Gasteiger partial charge in [0, 0.05) is 5.92 Å². The molecule has 1 rings (SSSR count). The van der Waals surface area contributed by atoms with Gasteiger partial charge in [-0.3, -0.25) is 0 Å². The van der Waals surface area contributed by atoms with E-state index >= 15 is 0 Å². The van der Waals surface area contributed by atoms with Gasteiger partial charge in [-0.25, -0.2) is 0 Å². The van der Waals surface area contributed by atoms with Gasteiger partial charge in [-0.1, -0.05) is 11.5 Å². The molecule has 2 N–H and O–H groups in total. The number of rotatable bonds is 0. The summed E-state index contributed by atoms with van der Waals surface area (Å²) >= 11 is 0. The third-order valence-electron chi connectivity index (χ3n) is 0.981. The number of hydrogen-bond donors (Lipinski definition) is 0. The molecular weight excluding hydrogens is 175 g/mol. The van der Waals surface area contributed by atoms with Gasteiger partial charge in [0.25, 0.3) is 0 Å². The van der Waals surface area contributed by atoms with E-state index in [0.29, 0.717) is 0 Å². The van der Waals surface area contributed by atoms with Crippen molar-refractivity contribution in [2.75, 3.05) is 0 Å². The van der Waals surface area contributed by atoms with Gasteiger partial charge in [-0.2, -0.15) is 35.6 Å². The Morgan fingerprint density at radius 3 is 2.33 bits per heavy atom.